The summed E-state index contributed by atoms with van der Waals surface area (Å²) in [4.78, 5) is 12.2. The maximum Gasteiger partial charge on any atom is 0.250 e. The number of carbonyl (C=O) groups is 1. The van der Waals surface area contributed by atoms with Gasteiger partial charge in [0.15, 0.2) is 0 Å². The molecule has 1 amide bonds. The molecule has 0 aromatic heterocycles. The van der Waals surface area contributed by atoms with Gasteiger partial charge in [0.25, 0.3) is 5.91 Å². The van der Waals surface area contributed by atoms with Crippen molar-refractivity contribution < 1.29 is 14.6 Å². The first-order chi connectivity index (χ1) is 9.15. The highest BCUT2D eigenvalue weighted by Crippen LogP contribution is 2.32. The summed E-state index contributed by atoms with van der Waals surface area (Å²) in [5, 5.41) is 12.8. The maximum absolute atomic E-state index is 12.2. The third-order valence-electron chi connectivity index (χ3n) is 4.46. The number of hydrogen-bond donors (Lipinski definition) is 2. The molecule has 2 N–H and O–H groups in total. The van der Waals surface area contributed by atoms with Gasteiger partial charge in [0.2, 0.25) is 0 Å². The van der Waals surface area contributed by atoms with E-state index in [1.165, 1.54) is 19.3 Å². The first-order valence-corrected chi connectivity index (χ1v) is 7.40. The minimum Gasteiger partial charge on any atom is -0.501 e. The number of ether oxygens (including phenoxy) is 1. The summed E-state index contributed by atoms with van der Waals surface area (Å²) < 4.78 is 5.21. The van der Waals surface area contributed by atoms with Gasteiger partial charge in [0, 0.05) is 0 Å². The first kappa shape index (κ1) is 14.4. The number of amides is 1. The van der Waals surface area contributed by atoms with E-state index in [0.29, 0.717) is 18.1 Å². The van der Waals surface area contributed by atoms with Crippen molar-refractivity contribution in [3.63, 3.8) is 0 Å². The summed E-state index contributed by atoms with van der Waals surface area (Å²) in [5.74, 6) is 0.294. The lowest BCUT2D eigenvalue weighted by molar-refractivity contribution is -0.121. The van der Waals surface area contributed by atoms with Crippen molar-refractivity contribution in [2.24, 2.45) is 5.92 Å². The van der Waals surface area contributed by atoms with Gasteiger partial charge in [-0.3, -0.25) is 4.79 Å². The molecule has 2 aliphatic rings. The van der Waals surface area contributed by atoms with Crippen LogP contribution >= 0.6 is 0 Å². The molecule has 1 atom stereocenters. The largest absolute Gasteiger partial charge is 0.501 e. The SMILES string of the molecule is C[C@](CO)(NC(=O)C1=COCCC1)C1CCCCC1. The van der Waals surface area contributed by atoms with Crippen molar-refractivity contribution in [3.8, 4) is 0 Å². The van der Waals surface area contributed by atoms with Crippen molar-refractivity contribution in [1.29, 1.82) is 0 Å². The van der Waals surface area contributed by atoms with Gasteiger partial charge in [-0.1, -0.05) is 19.3 Å². The van der Waals surface area contributed by atoms with Gasteiger partial charge >= 0.3 is 0 Å². The minimum atomic E-state index is -0.504. The summed E-state index contributed by atoms with van der Waals surface area (Å²) in [6, 6.07) is 0. The zero-order valence-corrected chi connectivity index (χ0v) is 11.8. The predicted molar refractivity (Wildman–Crippen MR) is 73.5 cm³/mol. The van der Waals surface area contributed by atoms with Crippen LogP contribution in [0.1, 0.15) is 51.9 Å². The van der Waals surface area contributed by atoms with Crippen LogP contribution in [-0.4, -0.2) is 29.8 Å². The number of rotatable bonds is 4. The molecule has 4 heteroatoms. The van der Waals surface area contributed by atoms with Crippen molar-refractivity contribution in [1.82, 2.24) is 5.32 Å². The lowest BCUT2D eigenvalue weighted by Gasteiger charge is -2.39. The van der Waals surface area contributed by atoms with E-state index >= 15 is 0 Å². The van der Waals surface area contributed by atoms with Gasteiger partial charge < -0.3 is 15.2 Å². The topological polar surface area (TPSA) is 58.6 Å². The predicted octanol–water partition coefficient (Wildman–Crippen LogP) is 2.13. The molecule has 0 aromatic carbocycles. The molecule has 108 valence electrons. The van der Waals surface area contributed by atoms with Gasteiger partial charge in [-0.05, 0) is 38.5 Å². The van der Waals surface area contributed by atoms with Crippen molar-refractivity contribution in [2.45, 2.75) is 57.4 Å². The van der Waals surface area contributed by atoms with Gasteiger partial charge in [-0.15, -0.1) is 0 Å². The number of aliphatic hydroxyl groups excluding tert-OH is 1. The minimum absolute atomic E-state index is 0.00244. The Morgan fingerprint density at radius 3 is 2.74 bits per heavy atom. The Morgan fingerprint density at radius 2 is 2.16 bits per heavy atom. The van der Waals surface area contributed by atoms with E-state index in [1.54, 1.807) is 6.26 Å². The summed E-state index contributed by atoms with van der Waals surface area (Å²) in [5.41, 5.74) is 0.192. The van der Waals surface area contributed by atoms with E-state index in [1.807, 2.05) is 6.92 Å². The zero-order valence-electron chi connectivity index (χ0n) is 11.8. The molecule has 19 heavy (non-hydrogen) atoms. The van der Waals surface area contributed by atoms with Crippen LogP contribution < -0.4 is 5.32 Å². The van der Waals surface area contributed by atoms with Crippen molar-refractivity contribution in [3.05, 3.63) is 11.8 Å². The fourth-order valence-electron chi connectivity index (χ4n) is 3.08. The smallest absolute Gasteiger partial charge is 0.250 e. The Bertz CT molecular complexity index is 347. The molecule has 1 fully saturated rings. The van der Waals surface area contributed by atoms with Crippen molar-refractivity contribution in [2.75, 3.05) is 13.2 Å². The normalized spacial score (nSPS) is 24.0. The van der Waals surface area contributed by atoms with Crippen LogP contribution in [0.25, 0.3) is 0 Å². The van der Waals surface area contributed by atoms with Crippen LogP contribution in [0.5, 0.6) is 0 Å². The third kappa shape index (κ3) is 3.50. The highest BCUT2D eigenvalue weighted by molar-refractivity contribution is 5.93. The Kier molecular flexibility index (Phi) is 4.86. The fourth-order valence-corrected chi connectivity index (χ4v) is 3.08. The van der Waals surface area contributed by atoms with Crippen LogP contribution in [0.2, 0.25) is 0 Å². The number of carbonyl (C=O) groups excluding carboxylic acids is 1. The van der Waals surface area contributed by atoms with E-state index in [4.69, 9.17) is 4.74 Å². The highest BCUT2D eigenvalue weighted by Gasteiger charge is 2.36. The molecular weight excluding hydrogens is 242 g/mol. The van der Waals surface area contributed by atoms with E-state index in [0.717, 1.165) is 25.7 Å². The molecule has 0 bridgehead atoms. The van der Waals surface area contributed by atoms with Crippen LogP contribution in [0.3, 0.4) is 0 Å². The van der Waals surface area contributed by atoms with E-state index < -0.39 is 5.54 Å². The molecule has 4 nitrogen and oxygen atoms in total. The molecule has 0 spiro atoms. The molecule has 0 unspecified atom stereocenters. The van der Waals surface area contributed by atoms with Crippen LogP contribution in [0.4, 0.5) is 0 Å². The van der Waals surface area contributed by atoms with Gasteiger partial charge in [-0.25, -0.2) is 0 Å². The number of nitrogens with one attached hydrogen (secondary N) is 1. The van der Waals surface area contributed by atoms with Gasteiger partial charge in [0.1, 0.15) is 0 Å². The van der Waals surface area contributed by atoms with Gasteiger partial charge in [0.05, 0.1) is 30.6 Å². The number of hydrogen-bond acceptors (Lipinski definition) is 3. The average molecular weight is 267 g/mol. The molecule has 1 saturated carbocycles. The molecule has 0 saturated heterocycles. The molecule has 1 aliphatic heterocycles. The summed E-state index contributed by atoms with van der Waals surface area (Å²) in [6.07, 6.45) is 9.06. The molecule has 1 aliphatic carbocycles. The molecule has 2 rings (SSSR count). The molecule has 0 radical (unpaired) electrons. The fraction of sp³-hybridized carbons (Fsp3) is 0.800. The summed E-state index contributed by atoms with van der Waals surface area (Å²) in [6.45, 7) is 2.65. The molecular formula is C15H25NO3. The lowest BCUT2D eigenvalue weighted by atomic mass is 9.76. The maximum atomic E-state index is 12.2. The van der Waals surface area contributed by atoms with Crippen molar-refractivity contribution >= 4 is 5.91 Å². The zero-order chi connectivity index (χ0) is 13.7. The van der Waals surface area contributed by atoms with Crippen LogP contribution in [-0.2, 0) is 9.53 Å². The molecule has 1 heterocycles. The standard InChI is InChI=1S/C15H25NO3/c1-15(11-17,13-7-3-2-4-8-13)16-14(18)12-6-5-9-19-10-12/h10,13,17H,2-9,11H2,1H3,(H,16,18)/t15-/m1/s1. The Morgan fingerprint density at radius 1 is 1.42 bits per heavy atom. The average Bonchev–Trinajstić information content (AvgIpc) is 2.49. The van der Waals surface area contributed by atoms with E-state index in [9.17, 15) is 9.90 Å². The van der Waals surface area contributed by atoms with E-state index in [2.05, 4.69) is 5.32 Å². The quantitative estimate of drug-likeness (QED) is 0.820. The second kappa shape index (κ2) is 6.42. The summed E-state index contributed by atoms with van der Waals surface area (Å²) >= 11 is 0. The van der Waals surface area contributed by atoms with Crippen LogP contribution in [0, 0.1) is 5.92 Å². The monoisotopic (exact) mass is 267 g/mol. The van der Waals surface area contributed by atoms with Gasteiger partial charge in [-0.2, -0.15) is 0 Å². The molecule has 0 aromatic rings. The second-order valence-electron chi connectivity index (χ2n) is 5.98. The number of aliphatic hydroxyl groups is 1. The Hall–Kier alpha value is -1.03. The lowest BCUT2D eigenvalue weighted by Crippen LogP contribution is -2.55. The second-order valence-corrected chi connectivity index (χ2v) is 5.98. The Balaban J connectivity index is 2.00. The third-order valence-corrected chi connectivity index (χ3v) is 4.46. The van der Waals surface area contributed by atoms with Crippen LogP contribution in [0.15, 0.2) is 11.8 Å². The Labute approximate surface area is 115 Å². The van der Waals surface area contributed by atoms with E-state index in [-0.39, 0.29) is 12.5 Å². The summed E-state index contributed by atoms with van der Waals surface area (Å²) in [7, 11) is 0. The highest BCUT2D eigenvalue weighted by atomic mass is 16.5. The first-order valence-electron chi connectivity index (χ1n) is 7.40.